The molecule has 5 nitrogen and oxygen atoms in total. The molecular weight excluding hydrogens is 348 g/mol. The zero-order valence-corrected chi connectivity index (χ0v) is 17.1. The zero-order chi connectivity index (χ0) is 19.1. The molecule has 1 N–H and O–H groups in total. The van der Waals surface area contributed by atoms with Crippen LogP contribution in [0.1, 0.15) is 74.1 Å². The zero-order valence-electron chi connectivity index (χ0n) is 17.1. The molecule has 1 heterocycles. The molecule has 0 saturated heterocycles. The highest BCUT2D eigenvalue weighted by Gasteiger charge is 2.50. The Hall–Kier alpha value is -1.72. The van der Waals surface area contributed by atoms with Gasteiger partial charge in [0, 0.05) is 35.9 Å². The number of hydrogen-bond acceptors (Lipinski definition) is 5. The highest BCUT2D eigenvalue weighted by molar-refractivity contribution is 5.28. The van der Waals surface area contributed by atoms with E-state index in [4.69, 9.17) is 9.51 Å². The van der Waals surface area contributed by atoms with Gasteiger partial charge in [-0.1, -0.05) is 35.5 Å². The van der Waals surface area contributed by atoms with E-state index in [0.29, 0.717) is 23.9 Å². The van der Waals surface area contributed by atoms with E-state index >= 15 is 0 Å². The Morgan fingerprint density at radius 2 is 1.86 bits per heavy atom. The smallest absolute Gasteiger partial charge is 0.229 e. The maximum absolute atomic E-state index is 5.74. The number of aromatic nitrogens is 2. The second-order valence-electron chi connectivity index (χ2n) is 9.45. The molecule has 2 atom stereocenters. The highest BCUT2D eigenvalue weighted by atomic mass is 16.5. The lowest BCUT2D eigenvalue weighted by atomic mass is 9.85. The van der Waals surface area contributed by atoms with Crippen LogP contribution in [0.3, 0.4) is 0 Å². The third-order valence-electron chi connectivity index (χ3n) is 7.27. The molecule has 2 aromatic rings. The fourth-order valence-corrected chi connectivity index (χ4v) is 4.90. The van der Waals surface area contributed by atoms with Gasteiger partial charge in [-0.3, -0.25) is 0 Å². The van der Waals surface area contributed by atoms with Gasteiger partial charge in [0.15, 0.2) is 5.82 Å². The second kappa shape index (κ2) is 7.27. The molecule has 5 rings (SSSR count). The van der Waals surface area contributed by atoms with Gasteiger partial charge < -0.3 is 14.7 Å². The van der Waals surface area contributed by atoms with Crippen LogP contribution >= 0.6 is 0 Å². The lowest BCUT2D eigenvalue weighted by molar-refractivity contribution is 0.201. The quantitative estimate of drug-likeness (QED) is 0.791. The summed E-state index contributed by atoms with van der Waals surface area (Å²) in [5, 5.41) is 8.21. The van der Waals surface area contributed by atoms with E-state index in [0.717, 1.165) is 31.1 Å². The minimum absolute atomic E-state index is 0.117. The van der Waals surface area contributed by atoms with Crippen molar-refractivity contribution in [3.05, 3.63) is 47.6 Å². The first-order valence-corrected chi connectivity index (χ1v) is 10.9. The average Bonchev–Trinajstić information content (AvgIpc) is 3.64. The minimum atomic E-state index is 0.117. The first-order chi connectivity index (χ1) is 13.6. The van der Waals surface area contributed by atoms with Gasteiger partial charge >= 0.3 is 0 Å². The molecule has 0 unspecified atom stereocenters. The van der Waals surface area contributed by atoms with Crippen molar-refractivity contribution >= 4 is 0 Å². The first-order valence-electron chi connectivity index (χ1n) is 10.9. The summed E-state index contributed by atoms with van der Waals surface area (Å²) in [6, 6.07) is 12.2. The Balaban J connectivity index is 1.16. The van der Waals surface area contributed by atoms with Crippen molar-refractivity contribution in [3.8, 4) is 0 Å². The highest BCUT2D eigenvalue weighted by Crippen LogP contribution is 2.48. The molecule has 1 aromatic heterocycles. The van der Waals surface area contributed by atoms with E-state index in [1.807, 2.05) is 0 Å². The first kappa shape index (κ1) is 18.3. The van der Waals surface area contributed by atoms with Crippen molar-refractivity contribution < 1.29 is 4.52 Å². The minimum Gasteiger partial charge on any atom is -0.339 e. The lowest BCUT2D eigenvalue weighted by Gasteiger charge is -2.31. The summed E-state index contributed by atoms with van der Waals surface area (Å²) in [6.07, 6.45) is 8.37. The summed E-state index contributed by atoms with van der Waals surface area (Å²) in [5.74, 6) is 2.95. The van der Waals surface area contributed by atoms with E-state index in [1.54, 1.807) is 0 Å². The molecule has 0 bridgehead atoms. The second-order valence-corrected chi connectivity index (χ2v) is 9.45. The van der Waals surface area contributed by atoms with Crippen molar-refractivity contribution in [2.75, 3.05) is 20.6 Å². The number of hydrogen-bond donors (Lipinski definition) is 1. The Labute approximate surface area is 167 Å². The standard InChI is InChI=1S/C23H32N4O/c1-27(2)18-10-8-17(9-11-18)21-25-22(26-28-21)23(12-13-23)15-24-20-14-19(20)16-6-4-3-5-7-16/h3-7,17-20,24H,8-15H2,1-2H3/t17-,18-,19-,20+/m0/s1. The summed E-state index contributed by atoms with van der Waals surface area (Å²) in [5.41, 5.74) is 1.58. The van der Waals surface area contributed by atoms with Crippen LogP contribution in [0, 0.1) is 0 Å². The Kier molecular flexibility index (Phi) is 4.76. The average molecular weight is 381 g/mol. The lowest BCUT2D eigenvalue weighted by Crippen LogP contribution is -2.31. The largest absolute Gasteiger partial charge is 0.339 e. The van der Waals surface area contributed by atoms with E-state index in [-0.39, 0.29) is 5.41 Å². The van der Waals surface area contributed by atoms with Gasteiger partial charge in [-0.2, -0.15) is 4.98 Å². The molecule has 5 heteroatoms. The number of rotatable bonds is 7. The normalized spacial score (nSPS) is 31.1. The van der Waals surface area contributed by atoms with Gasteiger partial charge in [0.25, 0.3) is 0 Å². The van der Waals surface area contributed by atoms with Crippen LogP contribution < -0.4 is 5.32 Å². The molecule has 0 aliphatic heterocycles. The summed E-state index contributed by atoms with van der Waals surface area (Å²) < 4.78 is 5.74. The van der Waals surface area contributed by atoms with Crippen molar-refractivity contribution in [1.29, 1.82) is 0 Å². The van der Waals surface area contributed by atoms with Crippen molar-refractivity contribution in [2.45, 2.75) is 74.3 Å². The van der Waals surface area contributed by atoms with E-state index in [9.17, 15) is 0 Å². The van der Waals surface area contributed by atoms with Gasteiger partial charge in [0.05, 0.1) is 0 Å². The van der Waals surface area contributed by atoms with Crippen LogP contribution in [0.4, 0.5) is 0 Å². The maximum Gasteiger partial charge on any atom is 0.229 e. The summed E-state index contributed by atoms with van der Waals surface area (Å²) in [6.45, 7) is 0.980. The molecular formula is C23H32N4O. The summed E-state index contributed by atoms with van der Waals surface area (Å²) >= 11 is 0. The molecule has 0 spiro atoms. The third kappa shape index (κ3) is 3.62. The molecule has 3 fully saturated rings. The SMILES string of the molecule is CN(C)[C@H]1CC[C@H](c2nc(C3(CN[C@@H]4C[C@H]4c4ccccc4)CC3)no2)CC1. The Morgan fingerprint density at radius 3 is 2.54 bits per heavy atom. The van der Waals surface area contributed by atoms with Crippen LogP contribution in [0.2, 0.25) is 0 Å². The molecule has 3 aliphatic carbocycles. The van der Waals surface area contributed by atoms with Gasteiger partial charge in [0.2, 0.25) is 5.89 Å². The molecule has 0 amide bonds. The number of nitrogens with zero attached hydrogens (tertiary/aromatic N) is 3. The topological polar surface area (TPSA) is 54.2 Å². The third-order valence-corrected chi connectivity index (χ3v) is 7.27. The predicted octanol–water partition coefficient (Wildman–Crippen LogP) is 3.83. The fourth-order valence-electron chi connectivity index (χ4n) is 4.90. The van der Waals surface area contributed by atoms with Crippen molar-refractivity contribution in [3.63, 3.8) is 0 Å². The number of nitrogens with one attached hydrogen (secondary N) is 1. The monoisotopic (exact) mass is 380 g/mol. The fraction of sp³-hybridized carbons (Fsp3) is 0.652. The Morgan fingerprint density at radius 1 is 1.11 bits per heavy atom. The molecule has 28 heavy (non-hydrogen) atoms. The van der Waals surface area contributed by atoms with Crippen LogP contribution in [0.15, 0.2) is 34.9 Å². The Bertz CT molecular complexity index is 790. The molecule has 150 valence electrons. The van der Waals surface area contributed by atoms with Gasteiger partial charge in [0.1, 0.15) is 0 Å². The van der Waals surface area contributed by atoms with Crippen LogP contribution in [0.5, 0.6) is 0 Å². The summed E-state index contributed by atoms with van der Waals surface area (Å²) in [4.78, 5) is 7.23. The summed E-state index contributed by atoms with van der Waals surface area (Å²) in [7, 11) is 4.36. The maximum atomic E-state index is 5.74. The van der Waals surface area contributed by atoms with E-state index < -0.39 is 0 Å². The number of benzene rings is 1. The molecule has 1 aromatic carbocycles. The van der Waals surface area contributed by atoms with E-state index in [2.05, 4.69) is 59.8 Å². The predicted molar refractivity (Wildman–Crippen MR) is 109 cm³/mol. The molecule has 0 radical (unpaired) electrons. The van der Waals surface area contributed by atoms with Gasteiger partial charge in [-0.05, 0) is 64.6 Å². The van der Waals surface area contributed by atoms with Gasteiger partial charge in [-0.15, -0.1) is 0 Å². The van der Waals surface area contributed by atoms with Crippen molar-refractivity contribution in [1.82, 2.24) is 20.4 Å². The molecule has 3 aliphatic rings. The van der Waals surface area contributed by atoms with E-state index in [1.165, 1.54) is 37.7 Å². The van der Waals surface area contributed by atoms with Crippen molar-refractivity contribution in [2.24, 2.45) is 0 Å². The van der Waals surface area contributed by atoms with Crippen LogP contribution in [-0.2, 0) is 5.41 Å². The van der Waals surface area contributed by atoms with Crippen LogP contribution in [0.25, 0.3) is 0 Å². The molecule has 3 saturated carbocycles. The van der Waals surface area contributed by atoms with Gasteiger partial charge in [-0.25, -0.2) is 0 Å². The van der Waals surface area contributed by atoms with Crippen LogP contribution in [-0.4, -0.2) is 47.8 Å².